The summed E-state index contributed by atoms with van der Waals surface area (Å²) in [5.41, 5.74) is 1.90. The highest BCUT2D eigenvalue weighted by molar-refractivity contribution is 9.10. The molecule has 0 aliphatic rings. The summed E-state index contributed by atoms with van der Waals surface area (Å²) in [5, 5.41) is 7.59. The van der Waals surface area contributed by atoms with Crippen molar-refractivity contribution in [3.63, 3.8) is 0 Å². The van der Waals surface area contributed by atoms with Gasteiger partial charge in [0.15, 0.2) is 0 Å². The molecule has 3 amide bonds. The maximum Gasteiger partial charge on any atom is 0.321 e. The van der Waals surface area contributed by atoms with Gasteiger partial charge in [-0.15, -0.1) is 0 Å². The third-order valence-electron chi connectivity index (χ3n) is 2.35. The lowest BCUT2D eigenvalue weighted by Crippen LogP contribution is -2.44. The van der Waals surface area contributed by atoms with Crippen molar-refractivity contribution in [1.29, 1.82) is 0 Å². The highest BCUT2D eigenvalue weighted by Gasteiger charge is 2.15. The maximum atomic E-state index is 11.7. The van der Waals surface area contributed by atoms with Crippen LogP contribution in [0, 0.1) is 6.92 Å². The fraction of sp³-hybridized carbons (Fsp3) is 0.333. The van der Waals surface area contributed by atoms with Crippen molar-refractivity contribution in [1.82, 2.24) is 10.6 Å². The Bertz CT molecular complexity index is 463. The number of carbonyl (C=O) groups excluding carboxylic acids is 2. The molecule has 0 aliphatic carbocycles. The van der Waals surface area contributed by atoms with E-state index in [4.69, 9.17) is 0 Å². The van der Waals surface area contributed by atoms with Gasteiger partial charge in [0.05, 0.1) is 0 Å². The van der Waals surface area contributed by atoms with Crippen molar-refractivity contribution < 1.29 is 9.59 Å². The molecule has 98 valence electrons. The van der Waals surface area contributed by atoms with Crippen LogP contribution in [-0.2, 0) is 4.79 Å². The van der Waals surface area contributed by atoms with Gasteiger partial charge in [-0.2, -0.15) is 0 Å². The number of anilines is 1. The van der Waals surface area contributed by atoms with E-state index < -0.39 is 12.1 Å². The van der Waals surface area contributed by atoms with Gasteiger partial charge < -0.3 is 10.6 Å². The summed E-state index contributed by atoms with van der Waals surface area (Å²) in [7, 11) is 1.46. The Morgan fingerprint density at radius 1 is 1.33 bits per heavy atom. The van der Waals surface area contributed by atoms with Crippen LogP contribution in [0.15, 0.2) is 22.7 Å². The van der Waals surface area contributed by atoms with Crippen molar-refractivity contribution in [3.8, 4) is 0 Å². The molecule has 5 nitrogen and oxygen atoms in total. The lowest BCUT2D eigenvalue weighted by Gasteiger charge is -2.16. The van der Waals surface area contributed by atoms with Crippen LogP contribution in [-0.4, -0.2) is 25.0 Å². The van der Waals surface area contributed by atoms with Crippen LogP contribution in [0.2, 0.25) is 0 Å². The summed E-state index contributed by atoms with van der Waals surface area (Å²) in [5.74, 6) is -0.386. The molecule has 1 rings (SSSR count). The molecule has 1 atom stereocenters. The van der Waals surface area contributed by atoms with Gasteiger partial charge in [0.25, 0.3) is 0 Å². The van der Waals surface area contributed by atoms with Gasteiger partial charge in [-0.05, 0) is 47.5 Å². The molecular formula is C12H16BrN3O2. The number of carbonyl (C=O) groups is 2. The number of aryl methyl sites for hydroxylation is 1. The first-order valence-corrected chi connectivity index (χ1v) is 6.28. The average molecular weight is 314 g/mol. The zero-order valence-corrected chi connectivity index (χ0v) is 12.1. The topological polar surface area (TPSA) is 70.2 Å². The third-order valence-corrected chi connectivity index (χ3v) is 3.04. The lowest BCUT2D eigenvalue weighted by atomic mass is 10.2. The van der Waals surface area contributed by atoms with Gasteiger partial charge in [-0.25, -0.2) is 4.79 Å². The number of amides is 3. The van der Waals surface area contributed by atoms with Crippen LogP contribution >= 0.6 is 15.9 Å². The quantitative estimate of drug-likeness (QED) is 0.799. The Morgan fingerprint density at radius 2 is 2.00 bits per heavy atom. The van der Waals surface area contributed by atoms with Crippen LogP contribution < -0.4 is 16.0 Å². The third kappa shape index (κ3) is 4.03. The molecule has 0 aromatic heterocycles. The van der Waals surface area contributed by atoms with Gasteiger partial charge >= 0.3 is 6.03 Å². The molecule has 0 heterocycles. The molecule has 6 heteroatoms. The smallest absolute Gasteiger partial charge is 0.321 e. The van der Waals surface area contributed by atoms with Gasteiger partial charge in [-0.3, -0.25) is 10.1 Å². The Morgan fingerprint density at radius 3 is 2.61 bits per heavy atom. The van der Waals surface area contributed by atoms with Crippen LogP contribution in [0.3, 0.4) is 0 Å². The number of halogens is 1. The fourth-order valence-electron chi connectivity index (χ4n) is 1.33. The summed E-state index contributed by atoms with van der Waals surface area (Å²) in [6, 6.07) is 4.76. The molecule has 0 aliphatic heterocycles. The van der Waals surface area contributed by atoms with E-state index in [1.165, 1.54) is 7.05 Å². The number of rotatable bonds is 3. The summed E-state index contributed by atoms with van der Waals surface area (Å²) in [6.07, 6.45) is 0. The van der Waals surface area contributed by atoms with Gasteiger partial charge in [-0.1, -0.05) is 6.07 Å². The second-order valence-electron chi connectivity index (χ2n) is 3.92. The molecule has 1 unspecified atom stereocenters. The van der Waals surface area contributed by atoms with E-state index in [-0.39, 0.29) is 5.91 Å². The average Bonchev–Trinajstić information content (AvgIpc) is 2.33. The predicted molar refractivity (Wildman–Crippen MR) is 74.6 cm³/mol. The van der Waals surface area contributed by atoms with Crippen molar-refractivity contribution >= 4 is 33.6 Å². The number of nitrogens with one attached hydrogen (secondary N) is 3. The van der Waals surface area contributed by atoms with Gasteiger partial charge in [0.1, 0.15) is 6.04 Å². The second-order valence-corrected chi connectivity index (χ2v) is 4.77. The van der Waals surface area contributed by atoms with Crippen LogP contribution in [0.4, 0.5) is 10.5 Å². The molecular weight excluding hydrogens is 298 g/mol. The summed E-state index contributed by atoms with van der Waals surface area (Å²) < 4.78 is 0.868. The van der Waals surface area contributed by atoms with Crippen molar-refractivity contribution in [2.24, 2.45) is 0 Å². The zero-order chi connectivity index (χ0) is 13.7. The first-order valence-electron chi connectivity index (χ1n) is 5.49. The minimum Gasteiger partial charge on any atom is -0.373 e. The molecule has 1 aromatic rings. The molecule has 0 saturated carbocycles. The lowest BCUT2D eigenvalue weighted by molar-refractivity contribution is -0.120. The second kappa shape index (κ2) is 6.39. The van der Waals surface area contributed by atoms with Gasteiger partial charge in [0.2, 0.25) is 5.91 Å². The molecule has 0 saturated heterocycles. The summed E-state index contributed by atoms with van der Waals surface area (Å²) >= 11 is 3.40. The highest BCUT2D eigenvalue weighted by Crippen LogP contribution is 2.23. The van der Waals surface area contributed by atoms with E-state index in [9.17, 15) is 9.59 Å². The number of urea groups is 1. The molecule has 0 fully saturated rings. The van der Waals surface area contributed by atoms with E-state index in [0.717, 1.165) is 15.7 Å². The first kappa shape index (κ1) is 14.5. The minimum absolute atomic E-state index is 0.386. The molecule has 0 spiro atoms. The molecule has 0 bridgehead atoms. The SMILES string of the molecule is CNC(=O)NC(=O)C(C)Nc1cc(C)ccc1Br. The van der Waals surface area contributed by atoms with E-state index in [2.05, 4.69) is 31.9 Å². The maximum absolute atomic E-state index is 11.7. The van der Waals surface area contributed by atoms with Crippen LogP contribution in [0.1, 0.15) is 12.5 Å². The Labute approximate surface area is 114 Å². The number of benzene rings is 1. The predicted octanol–water partition coefficient (Wildman–Crippen LogP) is 2.01. The van der Waals surface area contributed by atoms with Crippen molar-refractivity contribution in [2.75, 3.05) is 12.4 Å². The Balaban J connectivity index is 2.69. The molecule has 3 N–H and O–H groups in total. The minimum atomic E-state index is -0.517. The van der Waals surface area contributed by atoms with Crippen molar-refractivity contribution in [2.45, 2.75) is 19.9 Å². The molecule has 1 aromatic carbocycles. The fourth-order valence-corrected chi connectivity index (χ4v) is 1.69. The largest absolute Gasteiger partial charge is 0.373 e. The van der Waals surface area contributed by atoms with Crippen LogP contribution in [0.25, 0.3) is 0 Å². The van der Waals surface area contributed by atoms with Crippen LogP contribution in [0.5, 0.6) is 0 Å². The summed E-state index contributed by atoms with van der Waals surface area (Å²) in [4.78, 5) is 22.7. The highest BCUT2D eigenvalue weighted by atomic mass is 79.9. The monoisotopic (exact) mass is 313 g/mol. The zero-order valence-electron chi connectivity index (χ0n) is 10.5. The summed E-state index contributed by atoms with van der Waals surface area (Å²) in [6.45, 7) is 3.65. The molecule has 18 heavy (non-hydrogen) atoms. The Hall–Kier alpha value is -1.56. The van der Waals surface area contributed by atoms with E-state index >= 15 is 0 Å². The first-order chi connectivity index (χ1) is 8.43. The Kier molecular flexibility index (Phi) is 5.15. The number of hydrogen-bond acceptors (Lipinski definition) is 3. The van der Waals surface area contributed by atoms with E-state index in [1.807, 2.05) is 25.1 Å². The van der Waals surface area contributed by atoms with Crippen molar-refractivity contribution in [3.05, 3.63) is 28.2 Å². The van der Waals surface area contributed by atoms with E-state index in [1.54, 1.807) is 6.92 Å². The normalized spacial score (nSPS) is 11.6. The number of hydrogen-bond donors (Lipinski definition) is 3. The van der Waals surface area contributed by atoms with Gasteiger partial charge in [0, 0.05) is 17.2 Å². The molecule has 0 radical (unpaired) electrons. The number of imide groups is 1. The van der Waals surface area contributed by atoms with E-state index in [0.29, 0.717) is 0 Å². The standard InChI is InChI=1S/C12H16BrN3O2/c1-7-4-5-9(13)10(6-7)15-8(2)11(17)16-12(18)14-3/h4-6,8,15H,1-3H3,(H2,14,16,17,18).